The first-order chi connectivity index (χ1) is 13.1. The average molecular weight is 461 g/mol. The Bertz CT molecular complexity index is 935. The zero-order chi connectivity index (χ0) is 20.9. The first-order valence-corrected chi connectivity index (χ1v) is 12.3. The number of hydrogen-bond donors (Lipinski definition) is 1. The topological polar surface area (TPSA) is 66.5 Å². The van der Waals surface area contributed by atoms with Crippen LogP contribution in [-0.2, 0) is 21.4 Å². The maximum absolute atomic E-state index is 12.4. The van der Waals surface area contributed by atoms with Crippen molar-refractivity contribution in [3.05, 3.63) is 63.6 Å². The Morgan fingerprint density at radius 1 is 1.14 bits per heavy atom. The molecule has 2 aromatic rings. The van der Waals surface area contributed by atoms with Gasteiger partial charge in [0.2, 0.25) is 15.9 Å². The van der Waals surface area contributed by atoms with E-state index in [9.17, 15) is 13.2 Å². The average Bonchev–Trinajstić information content (AvgIpc) is 2.63. The Balaban J connectivity index is 2.06. The molecule has 0 saturated carbocycles. The summed E-state index contributed by atoms with van der Waals surface area (Å²) in [6.45, 7) is 1.60. The molecular formula is C19H22Cl2N2O3S2. The second-order valence-electron chi connectivity index (χ2n) is 6.34. The van der Waals surface area contributed by atoms with Gasteiger partial charge in [-0.1, -0.05) is 41.4 Å². The minimum Gasteiger partial charge on any atom is -0.348 e. The number of hydrogen-bond acceptors (Lipinski definition) is 4. The van der Waals surface area contributed by atoms with Gasteiger partial charge in [0.15, 0.2) is 0 Å². The molecule has 0 aromatic heterocycles. The molecule has 28 heavy (non-hydrogen) atoms. The fraction of sp³-hybridized carbons (Fsp3) is 0.316. The van der Waals surface area contributed by atoms with Crippen LogP contribution in [0.2, 0.25) is 10.0 Å². The molecule has 0 saturated heterocycles. The molecule has 2 aromatic carbocycles. The Morgan fingerprint density at radius 2 is 1.79 bits per heavy atom. The monoisotopic (exact) mass is 460 g/mol. The van der Waals surface area contributed by atoms with Crippen LogP contribution in [0.3, 0.4) is 0 Å². The molecule has 0 aliphatic heterocycles. The number of carbonyl (C=O) groups excluding carboxylic acids is 1. The molecule has 0 radical (unpaired) electrons. The number of nitrogens with one attached hydrogen (secondary N) is 1. The molecule has 0 aliphatic carbocycles. The van der Waals surface area contributed by atoms with E-state index in [1.54, 1.807) is 30.0 Å². The van der Waals surface area contributed by atoms with Crippen molar-refractivity contribution in [1.82, 2.24) is 9.62 Å². The molecule has 0 spiro atoms. The SMILES string of the molecule is CSc1ccc([C@H](C)NC(=O)CN(Cc2ccc(Cl)c(Cl)c2)S(C)(=O)=O)cc1. The molecule has 0 heterocycles. The molecule has 0 aliphatic rings. The Hall–Kier alpha value is -1.25. The molecule has 9 heteroatoms. The lowest BCUT2D eigenvalue weighted by atomic mass is 10.1. The van der Waals surface area contributed by atoms with Crippen LogP contribution >= 0.6 is 35.0 Å². The fourth-order valence-electron chi connectivity index (χ4n) is 2.56. The van der Waals surface area contributed by atoms with Crippen LogP contribution in [0.25, 0.3) is 0 Å². The third-order valence-corrected chi connectivity index (χ3v) is 6.80. The van der Waals surface area contributed by atoms with Gasteiger partial charge in [0, 0.05) is 11.4 Å². The number of nitrogens with zero attached hydrogens (tertiary/aromatic N) is 1. The highest BCUT2D eigenvalue weighted by atomic mass is 35.5. The first kappa shape index (κ1) is 23.0. The van der Waals surface area contributed by atoms with Crippen LogP contribution in [0.15, 0.2) is 47.4 Å². The molecular weight excluding hydrogens is 439 g/mol. The second kappa shape index (κ2) is 9.98. The highest BCUT2D eigenvalue weighted by Gasteiger charge is 2.22. The van der Waals surface area contributed by atoms with E-state index in [-0.39, 0.29) is 25.0 Å². The van der Waals surface area contributed by atoms with Crippen LogP contribution in [-0.4, -0.2) is 37.7 Å². The second-order valence-corrected chi connectivity index (χ2v) is 10.0. The highest BCUT2D eigenvalue weighted by molar-refractivity contribution is 7.98. The van der Waals surface area contributed by atoms with Gasteiger partial charge in [-0.25, -0.2) is 8.42 Å². The summed E-state index contributed by atoms with van der Waals surface area (Å²) in [5.74, 6) is -0.382. The Labute approximate surface area is 180 Å². The molecule has 2 rings (SSSR count). The van der Waals surface area contributed by atoms with E-state index in [1.165, 1.54) is 0 Å². The molecule has 0 unspecified atom stereocenters. The van der Waals surface area contributed by atoms with Gasteiger partial charge in [0.05, 0.1) is 28.9 Å². The van der Waals surface area contributed by atoms with E-state index in [4.69, 9.17) is 23.2 Å². The summed E-state index contributed by atoms with van der Waals surface area (Å²) in [5, 5.41) is 3.56. The quantitative estimate of drug-likeness (QED) is 0.594. The minimum atomic E-state index is -3.60. The minimum absolute atomic E-state index is 0.0277. The van der Waals surface area contributed by atoms with Crippen LogP contribution < -0.4 is 5.32 Å². The zero-order valence-electron chi connectivity index (χ0n) is 15.8. The predicted molar refractivity (Wildman–Crippen MR) is 116 cm³/mol. The number of thioether (sulfide) groups is 1. The summed E-state index contributed by atoms with van der Waals surface area (Å²) < 4.78 is 25.4. The Morgan fingerprint density at radius 3 is 2.32 bits per heavy atom. The summed E-state index contributed by atoms with van der Waals surface area (Å²) >= 11 is 13.5. The molecule has 1 atom stereocenters. The number of rotatable bonds is 8. The molecule has 0 fully saturated rings. The number of carbonyl (C=O) groups is 1. The fourth-order valence-corrected chi connectivity index (χ4v) is 4.02. The molecule has 5 nitrogen and oxygen atoms in total. The van der Waals surface area contributed by atoms with Crippen LogP contribution in [0.5, 0.6) is 0 Å². The van der Waals surface area contributed by atoms with Gasteiger partial charge < -0.3 is 5.32 Å². The third-order valence-electron chi connectivity index (χ3n) is 4.13. The largest absolute Gasteiger partial charge is 0.348 e. The van der Waals surface area contributed by atoms with E-state index in [0.29, 0.717) is 15.6 Å². The lowest BCUT2D eigenvalue weighted by Crippen LogP contribution is -2.40. The van der Waals surface area contributed by atoms with Crippen LogP contribution in [0.4, 0.5) is 0 Å². The molecule has 1 amide bonds. The smallest absolute Gasteiger partial charge is 0.235 e. The van der Waals surface area contributed by atoms with E-state index in [2.05, 4.69) is 5.32 Å². The zero-order valence-corrected chi connectivity index (χ0v) is 18.9. The van der Waals surface area contributed by atoms with Gasteiger partial charge in [-0.3, -0.25) is 4.79 Å². The van der Waals surface area contributed by atoms with Gasteiger partial charge in [0.1, 0.15) is 0 Å². The Kier molecular flexibility index (Phi) is 8.21. The van der Waals surface area contributed by atoms with Gasteiger partial charge >= 0.3 is 0 Å². The standard InChI is InChI=1S/C19H22Cl2N2O3S2/c1-13(15-5-7-16(27-2)8-6-15)22-19(24)12-23(28(3,25)26)11-14-4-9-17(20)18(21)10-14/h4-10,13H,11-12H2,1-3H3,(H,22,24)/t13-/m0/s1. The molecule has 152 valence electrons. The van der Waals surface area contributed by atoms with Crippen molar-refractivity contribution in [2.75, 3.05) is 19.1 Å². The van der Waals surface area contributed by atoms with E-state index >= 15 is 0 Å². The van der Waals surface area contributed by atoms with Gasteiger partial charge in [-0.2, -0.15) is 4.31 Å². The van der Waals surface area contributed by atoms with Crippen molar-refractivity contribution >= 4 is 50.9 Å². The van der Waals surface area contributed by atoms with E-state index < -0.39 is 10.0 Å². The van der Waals surface area contributed by atoms with Gasteiger partial charge in [0.25, 0.3) is 0 Å². The summed E-state index contributed by atoms with van der Waals surface area (Å²) in [5.41, 5.74) is 1.59. The number of benzene rings is 2. The van der Waals surface area contributed by atoms with Crippen molar-refractivity contribution in [1.29, 1.82) is 0 Å². The normalized spacial score (nSPS) is 12.8. The highest BCUT2D eigenvalue weighted by Crippen LogP contribution is 2.24. The lowest BCUT2D eigenvalue weighted by Gasteiger charge is -2.21. The van der Waals surface area contributed by atoms with Crippen LogP contribution in [0.1, 0.15) is 24.1 Å². The predicted octanol–water partition coefficient (Wildman–Crippen LogP) is 4.35. The van der Waals surface area contributed by atoms with Crippen molar-refractivity contribution in [2.45, 2.75) is 24.4 Å². The van der Waals surface area contributed by atoms with E-state index in [0.717, 1.165) is 21.0 Å². The van der Waals surface area contributed by atoms with E-state index in [1.807, 2.05) is 37.4 Å². The summed E-state index contributed by atoms with van der Waals surface area (Å²) in [7, 11) is -3.60. The number of halogens is 2. The van der Waals surface area contributed by atoms with Crippen molar-refractivity contribution < 1.29 is 13.2 Å². The van der Waals surface area contributed by atoms with Gasteiger partial charge in [-0.05, 0) is 48.6 Å². The van der Waals surface area contributed by atoms with Crippen LogP contribution in [0, 0.1) is 0 Å². The van der Waals surface area contributed by atoms with Gasteiger partial charge in [-0.15, -0.1) is 11.8 Å². The van der Waals surface area contributed by atoms with Crippen molar-refractivity contribution in [2.24, 2.45) is 0 Å². The molecule has 1 N–H and O–H groups in total. The van der Waals surface area contributed by atoms with Crippen molar-refractivity contribution in [3.63, 3.8) is 0 Å². The summed E-state index contributed by atoms with van der Waals surface area (Å²) in [4.78, 5) is 13.6. The number of sulfonamides is 1. The maximum Gasteiger partial charge on any atom is 0.235 e. The third kappa shape index (κ3) is 6.67. The summed E-state index contributed by atoms with van der Waals surface area (Å²) in [6.07, 6.45) is 3.07. The lowest BCUT2D eigenvalue weighted by molar-refractivity contribution is -0.122. The first-order valence-electron chi connectivity index (χ1n) is 8.42. The summed E-state index contributed by atoms with van der Waals surface area (Å²) in [6, 6.07) is 12.5. The maximum atomic E-state index is 12.4. The number of amides is 1. The van der Waals surface area contributed by atoms with Crippen molar-refractivity contribution in [3.8, 4) is 0 Å². The molecule has 0 bridgehead atoms.